The molecule has 0 radical (unpaired) electrons. The molecule has 0 saturated carbocycles. The van der Waals surface area contributed by atoms with Crippen molar-refractivity contribution in [3.05, 3.63) is 33.8 Å². The Kier molecular flexibility index (Phi) is 6.23. The molecule has 2 unspecified atom stereocenters. The van der Waals surface area contributed by atoms with Gasteiger partial charge in [0.25, 0.3) is 0 Å². The van der Waals surface area contributed by atoms with Crippen LogP contribution in [-0.4, -0.2) is 48.6 Å². The number of likely N-dealkylation sites (N-methyl/N-ethyl adjacent to an activating group) is 1. The van der Waals surface area contributed by atoms with Gasteiger partial charge in [-0.05, 0) is 43.6 Å². The van der Waals surface area contributed by atoms with Crippen molar-refractivity contribution in [3.63, 3.8) is 0 Å². The minimum absolute atomic E-state index is 0.336. The van der Waals surface area contributed by atoms with Crippen LogP contribution in [-0.2, 0) is 0 Å². The Bertz CT molecular complexity index is 459. The van der Waals surface area contributed by atoms with Gasteiger partial charge in [0.1, 0.15) is 0 Å². The molecule has 1 heterocycles. The summed E-state index contributed by atoms with van der Waals surface area (Å²) in [5.74, 6) is 0. The highest BCUT2D eigenvalue weighted by Gasteiger charge is 2.30. The number of likely N-dealkylation sites (tertiary alicyclic amines) is 1. The van der Waals surface area contributed by atoms with Crippen molar-refractivity contribution in [1.29, 1.82) is 0 Å². The summed E-state index contributed by atoms with van der Waals surface area (Å²) in [6, 6.07) is 7.66. The molecule has 2 rings (SSSR count). The van der Waals surface area contributed by atoms with Gasteiger partial charge in [-0.15, -0.1) is 0 Å². The lowest BCUT2D eigenvalue weighted by molar-refractivity contribution is 0.189. The molecular formula is C17H28BrN3. The molecule has 0 aliphatic carbocycles. The second kappa shape index (κ2) is 7.73. The van der Waals surface area contributed by atoms with E-state index in [1.165, 1.54) is 22.0 Å². The molecule has 0 aromatic heterocycles. The maximum Gasteiger partial charge on any atom is 0.0471 e. The Morgan fingerprint density at radius 2 is 2.10 bits per heavy atom. The maximum atomic E-state index is 6.09. The van der Waals surface area contributed by atoms with E-state index in [0.29, 0.717) is 18.6 Å². The van der Waals surface area contributed by atoms with Gasteiger partial charge in [0.2, 0.25) is 0 Å². The van der Waals surface area contributed by atoms with Crippen LogP contribution in [0.3, 0.4) is 0 Å². The largest absolute Gasteiger partial charge is 0.329 e. The molecule has 1 aromatic carbocycles. The number of nitrogens with two attached hydrogens (primary N) is 1. The van der Waals surface area contributed by atoms with Gasteiger partial charge in [0.15, 0.2) is 0 Å². The van der Waals surface area contributed by atoms with E-state index in [-0.39, 0.29) is 0 Å². The lowest BCUT2D eigenvalue weighted by atomic mass is 10.0. The molecule has 0 bridgehead atoms. The number of hydrogen-bond donors (Lipinski definition) is 1. The highest BCUT2D eigenvalue weighted by atomic mass is 79.9. The number of hydrogen-bond acceptors (Lipinski definition) is 3. The number of aryl methyl sites for hydroxylation is 1. The Labute approximate surface area is 137 Å². The van der Waals surface area contributed by atoms with Crippen molar-refractivity contribution < 1.29 is 0 Å². The molecular weight excluding hydrogens is 326 g/mol. The van der Waals surface area contributed by atoms with Crippen molar-refractivity contribution >= 4 is 15.9 Å². The predicted molar refractivity (Wildman–Crippen MR) is 93.6 cm³/mol. The quantitative estimate of drug-likeness (QED) is 0.852. The van der Waals surface area contributed by atoms with Crippen LogP contribution >= 0.6 is 15.9 Å². The summed E-state index contributed by atoms with van der Waals surface area (Å²) in [7, 11) is 0. The molecule has 1 aromatic rings. The molecule has 0 amide bonds. The van der Waals surface area contributed by atoms with E-state index in [4.69, 9.17) is 5.73 Å². The Balaban J connectivity index is 2.10. The van der Waals surface area contributed by atoms with Crippen molar-refractivity contribution in [2.45, 2.75) is 39.3 Å². The van der Waals surface area contributed by atoms with E-state index in [1.807, 2.05) is 0 Å². The SMILES string of the molecule is CCN(CC)C1CCN(C(CN)c2ccc(C)c(Br)c2)C1. The average molecular weight is 354 g/mol. The van der Waals surface area contributed by atoms with Crippen LogP contribution in [0.25, 0.3) is 0 Å². The van der Waals surface area contributed by atoms with E-state index < -0.39 is 0 Å². The van der Waals surface area contributed by atoms with Crippen molar-refractivity contribution in [2.75, 3.05) is 32.7 Å². The third kappa shape index (κ3) is 3.86. The zero-order valence-electron chi connectivity index (χ0n) is 13.5. The predicted octanol–water partition coefficient (Wildman–Crippen LogP) is 3.17. The number of rotatable bonds is 6. The molecule has 2 atom stereocenters. The van der Waals surface area contributed by atoms with Crippen LogP contribution in [0.1, 0.15) is 37.4 Å². The summed E-state index contributed by atoms with van der Waals surface area (Å²) in [6.45, 7) is 11.9. The van der Waals surface area contributed by atoms with E-state index in [1.54, 1.807) is 0 Å². The fourth-order valence-electron chi connectivity index (χ4n) is 3.40. The molecule has 0 spiro atoms. The second-order valence-electron chi connectivity index (χ2n) is 5.92. The van der Waals surface area contributed by atoms with Gasteiger partial charge in [-0.2, -0.15) is 0 Å². The summed E-state index contributed by atoms with van der Waals surface area (Å²) in [5, 5.41) is 0. The molecule has 1 fully saturated rings. The second-order valence-corrected chi connectivity index (χ2v) is 6.77. The fraction of sp³-hybridized carbons (Fsp3) is 0.647. The van der Waals surface area contributed by atoms with E-state index >= 15 is 0 Å². The zero-order valence-corrected chi connectivity index (χ0v) is 15.1. The molecule has 3 nitrogen and oxygen atoms in total. The van der Waals surface area contributed by atoms with Crippen LogP contribution in [0.5, 0.6) is 0 Å². The van der Waals surface area contributed by atoms with Gasteiger partial charge in [-0.25, -0.2) is 0 Å². The summed E-state index contributed by atoms with van der Waals surface area (Å²) in [4.78, 5) is 5.12. The lowest BCUT2D eigenvalue weighted by Crippen LogP contribution is -2.39. The molecule has 1 aliphatic heterocycles. The van der Waals surface area contributed by atoms with Crippen molar-refractivity contribution in [3.8, 4) is 0 Å². The summed E-state index contributed by atoms with van der Waals surface area (Å²) >= 11 is 3.64. The molecule has 118 valence electrons. The first kappa shape index (κ1) is 16.9. The van der Waals surface area contributed by atoms with Crippen LogP contribution in [0.15, 0.2) is 22.7 Å². The minimum Gasteiger partial charge on any atom is -0.329 e. The van der Waals surface area contributed by atoms with Gasteiger partial charge in [0, 0.05) is 36.2 Å². The Morgan fingerprint density at radius 3 is 2.67 bits per heavy atom. The van der Waals surface area contributed by atoms with Crippen LogP contribution in [0, 0.1) is 6.92 Å². The van der Waals surface area contributed by atoms with E-state index in [9.17, 15) is 0 Å². The standard InChI is InChI=1S/C17H28BrN3/c1-4-20(5-2)15-8-9-21(12-15)17(11-19)14-7-6-13(3)16(18)10-14/h6-7,10,15,17H,4-5,8-9,11-12,19H2,1-3H3. The van der Waals surface area contributed by atoms with Gasteiger partial charge in [0.05, 0.1) is 0 Å². The van der Waals surface area contributed by atoms with Crippen LogP contribution in [0.2, 0.25) is 0 Å². The number of nitrogens with zero attached hydrogens (tertiary/aromatic N) is 2. The van der Waals surface area contributed by atoms with Crippen molar-refractivity contribution in [2.24, 2.45) is 5.73 Å². The Morgan fingerprint density at radius 1 is 1.38 bits per heavy atom. The van der Waals surface area contributed by atoms with Gasteiger partial charge in [-0.3, -0.25) is 9.80 Å². The first-order chi connectivity index (χ1) is 10.1. The summed E-state index contributed by atoms with van der Waals surface area (Å²) in [6.07, 6.45) is 1.26. The number of benzene rings is 1. The third-order valence-corrected chi connectivity index (χ3v) is 5.62. The van der Waals surface area contributed by atoms with Crippen molar-refractivity contribution in [1.82, 2.24) is 9.80 Å². The van der Waals surface area contributed by atoms with Gasteiger partial charge < -0.3 is 5.73 Å². The van der Waals surface area contributed by atoms with Crippen LogP contribution < -0.4 is 5.73 Å². The normalized spacial score (nSPS) is 21.1. The zero-order chi connectivity index (χ0) is 15.4. The minimum atomic E-state index is 0.336. The Hall–Kier alpha value is -0.420. The molecule has 1 aliphatic rings. The van der Waals surface area contributed by atoms with Gasteiger partial charge >= 0.3 is 0 Å². The first-order valence-corrected chi connectivity index (χ1v) is 8.84. The van der Waals surface area contributed by atoms with E-state index in [2.05, 4.69) is 64.7 Å². The monoisotopic (exact) mass is 353 g/mol. The summed E-state index contributed by atoms with van der Waals surface area (Å²) < 4.78 is 1.18. The highest BCUT2D eigenvalue weighted by Crippen LogP contribution is 2.29. The molecule has 21 heavy (non-hydrogen) atoms. The molecule has 2 N–H and O–H groups in total. The lowest BCUT2D eigenvalue weighted by Gasteiger charge is -2.30. The number of halogens is 1. The van der Waals surface area contributed by atoms with Crippen LogP contribution in [0.4, 0.5) is 0 Å². The fourth-order valence-corrected chi connectivity index (χ4v) is 3.80. The summed E-state index contributed by atoms with van der Waals surface area (Å²) in [5.41, 5.74) is 8.69. The highest BCUT2D eigenvalue weighted by molar-refractivity contribution is 9.10. The molecule has 4 heteroatoms. The first-order valence-electron chi connectivity index (χ1n) is 8.04. The maximum absolute atomic E-state index is 6.09. The third-order valence-electron chi connectivity index (χ3n) is 4.77. The topological polar surface area (TPSA) is 32.5 Å². The van der Waals surface area contributed by atoms with E-state index in [0.717, 1.165) is 26.2 Å². The van der Waals surface area contributed by atoms with Gasteiger partial charge in [-0.1, -0.05) is 41.9 Å². The molecule has 1 saturated heterocycles. The average Bonchev–Trinajstić information content (AvgIpc) is 2.94. The smallest absolute Gasteiger partial charge is 0.0471 e.